The van der Waals surface area contributed by atoms with Crippen LogP contribution in [0.5, 0.6) is 0 Å². The van der Waals surface area contributed by atoms with Gasteiger partial charge in [0.1, 0.15) is 19.3 Å². The third-order valence-corrected chi connectivity index (χ3v) is 17.3. The molecule has 4 rings (SSSR count). The van der Waals surface area contributed by atoms with Crippen molar-refractivity contribution in [3.05, 3.63) is 11.6 Å². The topological polar surface area (TPSA) is 131 Å². The molecule has 4 aliphatic rings. The number of rotatable bonds is 31. The van der Waals surface area contributed by atoms with Gasteiger partial charge in [-0.25, -0.2) is 4.79 Å². The van der Waals surface area contributed by atoms with Gasteiger partial charge in [0.15, 0.2) is 0 Å². The van der Waals surface area contributed by atoms with E-state index in [0.717, 1.165) is 55.8 Å². The van der Waals surface area contributed by atoms with Crippen molar-refractivity contribution in [3.63, 3.8) is 0 Å². The monoisotopic (exact) mass is 908 g/mol. The van der Waals surface area contributed by atoms with Crippen LogP contribution in [-0.2, 0) is 32.7 Å². The Labute approximate surface area is 385 Å². The van der Waals surface area contributed by atoms with E-state index < -0.39 is 38.6 Å². The number of phosphoric acid groups is 1. The molecule has 0 amide bonds. The second-order valence-electron chi connectivity index (χ2n) is 22.7. The molecule has 6 unspecified atom stereocenters. The molecular formula is C52H94NO9P. The molecule has 0 aromatic heterocycles. The minimum atomic E-state index is -4.81. The Morgan fingerprint density at radius 3 is 2.08 bits per heavy atom. The van der Waals surface area contributed by atoms with Crippen molar-refractivity contribution in [2.75, 3.05) is 40.9 Å². The zero-order valence-corrected chi connectivity index (χ0v) is 42.6. The van der Waals surface area contributed by atoms with E-state index >= 15 is 0 Å². The number of esters is 1. The van der Waals surface area contributed by atoms with Crippen molar-refractivity contribution in [1.29, 1.82) is 0 Å². The maximum atomic E-state index is 13.2. The van der Waals surface area contributed by atoms with Crippen LogP contribution >= 0.6 is 7.82 Å². The third-order valence-electron chi connectivity index (χ3n) is 16.4. The van der Waals surface area contributed by atoms with Crippen LogP contribution in [0.3, 0.4) is 0 Å². The Morgan fingerprint density at radius 2 is 1.48 bits per heavy atom. The summed E-state index contributed by atoms with van der Waals surface area (Å²) in [5.41, 5.74) is 1.83. The van der Waals surface area contributed by atoms with Gasteiger partial charge in [-0.2, -0.15) is 0 Å². The summed E-state index contributed by atoms with van der Waals surface area (Å²) in [5, 5.41) is 10.4. The van der Waals surface area contributed by atoms with Crippen LogP contribution in [-0.4, -0.2) is 80.7 Å². The Morgan fingerprint density at radius 1 is 0.841 bits per heavy atom. The van der Waals surface area contributed by atoms with Crippen LogP contribution < -0.4 is 4.89 Å². The molecule has 0 radical (unpaired) electrons. The van der Waals surface area contributed by atoms with Crippen LogP contribution in [0.2, 0.25) is 0 Å². The van der Waals surface area contributed by atoms with Crippen molar-refractivity contribution in [1.82, 2.24) is 0 Å². The number of hydrogen-bond donors (Lipinski definition) is 1. The fraction of sp³-hybridized carbons (Fsp3) is 0.923. The normalized spacial score (nSPS) is 29.5. The number of quaternary nitrogens is 1. The van der Waals surface area contributed by atoms with E-state index in [1.165, 1.54) is 108 Å². The molecule has 0 bridgehead atoms. The predicted octanol–water partition coefficient (Wildman–Crippen LogP) is 12.5. The standard InChI is InChI=1S/C52H94NO9P/c1-10-11-12-13-14-15-16-17-18-19-20-21-22-26-48(54)62-49(50(55)56)47(38-60-63(57,58)59-36-35-53(7,8)9)61-42-31-33-51(5)41(37-42)27-28-43-45-30-29-44(40(4)25-23-24-39(2)3)52(45,6)34-32-46(43)51/h27,39-40,42-47,49H,10-26,28-38H2,1-9H3,(H-,55,56,57,58)/t40-,42?,43?,44-,45?,46?,47+,49?,51+,52-/m1/s1. The summed E-state index contributed by atoms with van der Waals surface area (Å²) in [6.07, 6.45) is 27.0. The van der Waals surface area contributed by atoms with Gasteiger partial charge in [0.2, 0.25) is 6.10 Å². The number of carbonyl (C=O) groups excluding carboxylic acids is 1. The first-order chi connectivity index (χ1) is 29.8. The van der Waals surface area contributed by atoms with Crippen molar-refractivity contribution in [2.24, 2.45) is 46.3 Å². The number of nitrogens with zero attached hydrogens (tertiary/aromatic N) is 1. The van der Waals surface area contributed by atoms with E-state index in [1.807, 2.05) is 21.1 Å². The summed E-state index contributed by atoms with van der Waals surface area (Å²) in [5.74, 6) is 2.36. The summed E-state index contributed by atoms with van der Waals surface area (Å²) >= 11 is 0. The van der Waals surface area contributed by atoms with Gasteiger partial charge in [-0.15, -0.1) is 0 Å². The van der Waals surface area contributed by atoms with Gasteiger partial charge in [-0.3, -0.25) is 9.36 Å². The zero-order chi connectivity index (χ0) is 46.3. The van der Waals surface area contributed by atoms with E-state index in [-0.39, 0.29) is 24.5 Å². The number of carboxylic acids is 1. The molecule has 0 aromatic rings. The average Bonchev–Trinajstić information content (AvgIpc) is 3.57. The van der Waals surface area contributed by atoms with Crippen molar-refractivity contribution in [3.8, 4) is 0 Å². The van der Waals surface area contributed by atoms with E-state index in [1.54, 1.807) is 0 Å². The zero-order valence-electron chi connectivity index (χ0n) is 41.7. The largest absolute Gasteiger partial charge is 0.756 e. The number of carbonyl (C=O) groups is 2. The molecule has 0 aliphatic heterocycles. The van der Waals surface area contributed by atoms with E-state index in [2.05, 4.69) is 47.6 Å². The molecule has 4 aliphatic carbocycles. The molecule has 366 valence electrons. The molecule has 0 heterocycles. The molecule has 0 aromatic carbocycles. The lowest BCUT2D eigenvalue weighted by molar-refractivity contribution is -0.870. The van der Waals surface area contributed by atoms with Crippen LogP contribution in [0, 0.1) is 46.3 Å². The second kappa shape index (κ2) is 25.7. The highest BCUT2D eigenvalue weighted by Crippen LogP contribution is 2.67. The maximum absolute atomic E-state index is 13.2. The van der Waals surface area contributed by atoms with Crippen LogP contribution in [0.1, 0.15) is 202 Å². The second-order valence-corrected chi connectivity index (χ2v) is 24.1. The number of aliphatic carboxylic acids is 1. The Bertz CT molecular complexity index is 1460. The molecule has 3 saturated carbocycles. The smallest absolute Gasteiger partial charge is 0.347 e. The van der Waals surface area contributed by atoms with E-state index in [4.69, 9.17) is 18.5 Å². The van der Waals surface area contributed by atoms with Crippen molar-refractivity contribution >= 4 is 19.8 Å². The van der Waals surface area contributed by atoms with Crippen LogP contribution in [0.15, 0.2) is 11.6 Å². The number of fused-ring (bicyclic) bond motifs is 5. The Kier molecular flexibility index (Phi) is 22.2. The minimum Gasteiger partial charge on any atom is -0.756 e. The summed E-state index contributed by atoms with van der Waals surface area (Å²) in [6.45, 7) is 14.2. The van der Waals surface area contributed by atoms with Gasteiger partial charge in [0, 0.05) is 6.42 Å². The van der Waals surface area contributed by atoms with Crippen LogP contribution in [0.25, 0.3) is 0 Å². The molecular weight excluding hydrogens is 814 g/mol. The fourth-order valence-corrected chi connectivity index (χ4v) is 13.3. The number of hydrogen-bond acceptors (Lipinski definition) is 8. The summed E-state index contributed by atoms with van der Waals surface area (Å²) in [7, 11) is 0.978. The lowest BCUT2D eigenvalue weighted by Crippen LogP contribution is -2.51. The van der Waals surface area contributed by atoms with Gasteiger partial charge in [-0.05, 0) is 104 Å². The van der Waals surface area contributed by atoms with Gasteiger partial charge < -0.3 is 33.0 Å². The fourth-order valence-electron chi connectivity index (χ4n) is 12.6. The first kappa shape index (κ1) is 54.3. The molecule has 10 nitrogen and oxygen atoms in total. The predicted molar refractivity (Wildman–Crippen MR) is 252 cm³/mol. The number of unbranched alkanes of at least 4 members (excludes halogenated alkanes) is 12. The van der Waals surface area contributed by atoms with Gasteiger partial charge in [0.05, 0.1) is 33.9 Å². The maximum Gasteiger partial charge on any atom is 0.347 e. The summed E-state index contributed by atoms with van der Waals surface area (Å²) < 4.78 is 36.1. The first-order valence-electron chi connectivity index (χ1n) is 26.0. The summed E-state index contributed by atoms with van der Waals surface area (Å²) in [4.78, 5) is 38.9. The quantitative estimate of drug-likeness (QED) is 0.0237. The van der Waals surface area contributed by atoms with Gasteiger partial charge in [0.25, 0.3) is 7.82 Å². The molecule has 11 atom stereocenters. The van der Waals surface area contributed by atoms with Crippen LogP contribution in [0.4, 0.5) is 0 Å². The highest BCUT2D eigenvalue weighted by Gasteiger charge is 2.59. The van der Waals surface area contributed by atoms with Crippen molar-refractivity contribution < 1.29 is 47.2 Å². The number of allylic oxidation sites excluding steroid dienone is 1. The number of likely N-dealkylation sites (N-methyl/N-ethyl adjacent to an activating group) is 1. The SMILES string of the molecule is CCCCCCCCCCCCCCCC(=O)OC(C(=O)O)[C@H](COP(=O)([O-])OCC[N+](C)(C)C)OC1CC[C@@]2(C)C(=CCC3C2CC[C@@]2(C)C3CC[C@@H]2[C@H](C)CCCC(C)C)C1. The van der Waals surface area contributed by atoms with Crippen molar-refractivity contribution in [2.45, 2.75) is 220 Å². The third kappa shape index (κ3) is 16.8. The Hall–Kier alpha value is -1.29. The lowest BCUT2D eigenvalue weighted by atomic mass is 9.47. The molecule has 0 saturated heterocycles. The average molecular weight is 908 g/mol. The van der Waals surface area contributed by atoms with Gasteiger partial charge >= 0.3 is 11.9 Å². The highest BCUT2D eigenvalue weighted by atomic mass is 31.2. The summed E-state index contributed by atoms with van der Waals surface area (Å²) in [6, 6.07) is 0. The minimum absolute atomic E-state index is 0.0494. The first-order valence-corrected chi connectivity index (χ1v) is 27.4. The highest BCUT2D eigenvalue weighted by molar-refractivity contribution is 7.45. The number of carboxylic acid groups (broad SMARTS) is 1. The molecule has 1 N–H and O–H groups in total. The molecule has 0 spiro atoms. The number of ether oxygens (including phenoxy) is 2. The molecule has 63 heavy (non-hydrogen) atoms. The Balaban J connectivity index is 1.36. The molecule has 3 fully saturated rings. The lowest BCUT2D eigenvalue weighted by Gasteiger charge is -2.58. The number of phosphoric ester groups is 1. The van der Waals surface area contributed by atoms with E-state index in [0.29, 0.717) is 47.5 Å². The van der Waals surface area contributed by atoms with Gasteiger partial charge in [-0.1, -0.05) is 150 Å². The molecule has 11 heteroatoms. The van der Waals surface area contributed by atoms with E-state index in [9.17, 15) is 24.2 Å².